The second kappa shape index (κ2) is 9.00. The number of nitrogens with zero attached hydrogens (tertiary/aromatic N) is 6. The first kappa shape index (κ1) is 22.4. The summed E-state index contributed by atoms with van der Waals surface area (Å²) in [5.41, 5.74) is 1.41. The quantitative estimate of drug-likeness (QED) is 0.659. The third kappa shape index (κ3) is 4.17. The minimum atomic E-state index is -0.627. The van der Waals surface area contributed by atoms with Crippen molar-refractivity contribution in [2.45, 2.75) is 25.8 Å². The predicted octanol–water partition coefficient (Wildman–Crippen LogP) is 3.13. The lowest BCUT2D eigenvalue weighted by Crippen LogP contribution is -2.47. The second-order valence-electron chi connectivity index (χ2n) is 8.42. The monoisotopic (exact) mass is 448 g/mol. The number of aromatic hydroxyl groups is 1. The lowest BCUT2D eigenvalue weighted by Gasteiger charge is -2.36. The smallest absolute Gasteiger partial charge is 0.255 e. The summed E-state index contributed by atoms with van der Waals surface area (Å²) in [5.74, 6) is -0.586. The molecule has 8 nitrogen and oxygen atoms in total. The molecule has 1 unspecified atom stereocenters. The van der Waals surface area contributed by atoms with Gasteiger partial charge >= 0.3 is 0 Å². The highest BCUT2D eigenvalue weighted by atomic mass is 19.1. The van der Waals surface area contributed by atoms with Gasteiger partial charge in [-0.3, -0.25) is 4.79 Å². The van der Waals surface area contributed by atoms with Crippen LogP contribution in [0.15, 0.2) is 36.7 Å². The van der Waals surface area contributed by atoms with Crippen LogP contribution in [0.3, 0.4) is 0 Å². The van der Waals surface area contributed by atoms with E-state index in [1.165, 1.54) is 23.1 Å². The summed E-state index contributed by atoms with van der Waals surface area (Å²) in [4.78, 5) is 21.2. The van der Waals surface area contributed by atoms with Crippen molar-refractivity contribution in [1.82, 2.24) is 24.6 Å². The Morgan fingerprint density at radius 1 is 1.24 bits per heavy atom. The Bertz CT molecular complexity index is 1230. The van der Waals surface area contributed by atoms with Crippen molar-refractivity contribution in [3.8, 4) is 28.9 Å². The van der Waals surface area contributed by atoms with Crippen LogP contribution in [-0.2, 0) is 0 Å². The van der Waals surface area contributed by atoms with Gasteiger partial charge in [0.05, 0.1) is 22.9 Å². The zero-order valence-electron chi connectivity index (χ0n) is 18.8. The van der Waals surface area contributed by atoms with Gasteiger partial charge in [0, 0.05) is 25.3 Å². The van der Waals surface area contributed by atoms with Crippen molar-refractivity contribution in [2.24, 2.45) is 0 Å². The van der Waals surface area contributed by atoms with Crippen LogP contribution in [0.25, 0.3) is 16.9 Å². The minimum absolute atomic E-state index is 0.0596. The Hall–Kier alpha value is -3.77. The number of hydrogen-bond acceptors (Lipinski definition) is 6. The summed E-state index contributed by atoms with van der Waals surface area (Å²) in [6, 6.07) is 8.37. The first-order chi connectivity index (χ1) is 15.8. The maximum atomic E-state index is 14.4. The summed E-state index contributed by atoms with van der Waals surface area (Å²) in [6.45, 7) is 2.94. The molecule has 1 fully saturated rings. The molecule has 2 aromatic heterocycles. The van der Waals surface area contributed by atoms with Crippen LogP contribution in [0.1, 0.15) is 34.3 Å². The lowest BCUT2D eigenvalue weighted by molar-refractivity contribution is 0.0634. The molecule has 33 heavy (non-hydrogen) atoms. The standard InChI is InChI=1S/C24H25FN6O2/c1-15-19(8-6-16(11-26)22(15)25)20-13-28-31(24(20)33)21-9-7-17(12-27-21)23(32)30-10-4-5-18(14-30)29(2)3/h6-9,12-13,18,33H,4-5,10,14H2,1-3H3. The van der Waals surface area contributed by atoms with Crippen LogP contribution in [0.4, 0.5) is 4.39 Å². The largest absolute Gasteiger partial charge is 0.493 e. The molecule has 1 aliphatic heterocycles. The molecule has 0 bridgehead atoms. The number of carbonyl (C=O) groups is 1. The molecular weight excluding hydrogens is 423 g/mol. The van der Waals surface area contributed by atoms with Gasteiger partial charge in [0.1, 0.15) is 11.9 Å². The van der Waals surface area contributed by atoms with Crippen molar-refractivity contribution < 1.29 is 14.3 Å². The number of aromatic nitrogens is 3. The number of benzene rings is 1. The molecule has 3 aromatic rings. The van der Waals surface area contributed by atoms with Crippen LogP contribution < -0.4 is 0 Å². The van der Waals surface area contributed by atoms with Crippen LogP contribution in [0, 0.1) is 24.1 Å². The predicted molar refractivity (Wildman–Crippen MR) is 120 cm³/mol. The van der Waals surface area contributed by atoms with Crippen molar-refractivity contribution in [1.29, 1.82) is 5.26 Å². The minimum Gasteiger partial charge on any atom is -0.493 e. The number of carbonyl (C=O) groups excluding carboxylic acids is 1. The van der Waals surface area contributed by atoms with Gasteiger partial charge < -0.3 is 14.9 Å². The van der Waals surface area contributed by atoms with E-state index in [9.17, 15) is 14.3 Å². The highest BCUT2D eigenvalue weighted by molar-refractivity contribution is 5.94. The maximum Gasteiger partial charge on any atom is 0.255 e. The van der Waals surface area contributed by atoms with E-state index in [1.807, 2.05) is 19.0 Å². The number of rotatable bonds is 4. The third-order valence-electron chi connectivity index (χ3n) is 6.17. The summed E-state index contributed by atoms with van der Waals surface area (Å²) in [5, 5.41) is 23.9. The number of nitriles is 1. The van der Waals surface area contributed by atoms with Crippen LogP contribution in [0.5, 0.6) is 5.88 Å². The number of amides is 1. The molecule has 0 spiro atoms. The molecule has 170 valence electrons. The molecule has 1 atom stereocenters. The second-order valence-corrected chi connectivity index (χ2v) is 8.42. The molecule has 4 rings (SSSR count). The molecular formula is C24H25FN6O2. The van der Waals surface area contributed by atoms with Gasteiger partial charge in [-0.2, -0.15) is 15.0 Å². The molecule has 1 saturated heterocycles. The molecule has 1 aliphatic rings. The van der Waals surface area contributed by atoms with Gasteiger partial charge in [0.2, 0.25) is 5.88 Å². The van der Waals surface area contributed by atoms with Gasteiger partial charge in [0.25, 0.3) is 5.91 Å². The van der Waals surface area contributed by atoms with Crippen LogP contribution in [0.2, 0.25) is 0 Å². The number of likely N-dealkylation sites (tertiary alicyclic amines) is 1. The molecule has 1 amide bonds. The number of likely N-dealkylation sites (N-methyl/N-ethyl adjacent to an activating group) is 1. The number of halogens is 1. The van der Waals surface area contributed by atoms with Gasteiger partial charge in [0.15, 0.2) is 5.82 Å². The van der Waals surface area contributed by atoms with E-state index in [-0.39, 0.29) is 22.9 Å². The van der Waals surface area contributed by atoms with Crippen molar-refractivity contribution in [3.63, 3.8) is 0 Å². The average Bonchev–Trinajstić information content (AvgIpc) is 3.21. The van der Waals surface area contributed by atoms with Gasteiger partial charge in [-0.25, -0.2) is 9.37 Å². The maximum absolute atomic E-state index is 14.4. The molecule has 0 saturated carbocycles. The summed E-state index contributed by atoms with van der Waals surface area (Å²) in [7, 11) is 4.04. The molecule has 0 aliphatic carbocycles. The Kier molecular flexibility index (Phi) is 6.11. The van der Waals surface area contributed by atoms with E-state index in [2.05, 4.69) is 15.0 Å². The van der Waals surface area contributed by atoms with E-state index in [0.29, 0.717) is 41.6 Å². The Labute approximate surface area is 191 Å². The van der Waals surface area contributed by atoms with E-state index in [4.69, 9.17) is 5.26 Å². The topological polar surface area (TPSA) is 98.3 Å². The first-order valence-electron chi connectivity index (χ1n) is 10.7. The van der Waals surface area contributed by atoms with Crippen LogP contribution in [-0.4, -0.2) is 68.8 Å². The van der Waals surface area contributed by atoms with Gasteiger partial charge in [-0.15, -0.1) is 0 Å². The van der Waals surface area contributed by atoms with E-state index in [0.717, 1.165) is 12.8 Å². The average molecular weight is 449 g/mol. The van der Waals surface area contributed by atoms with Crippen molar-refractivity contribution in [2.75, 3.05) is 27.2 Å². The van der Waals surface area contributed by atoms with E-state index < -0.39 is 5.82 Å². The molecule has 1 N–H and O–H groups in total. The summed E-state index contributed by atoms with van der Waals surface area (Å²) < 4.78 is 15.6. The Morgan fingerprint density at radius 3 is 2.70 bits per heavy atom. The van der Waals surface area contributed by atoms with Crippen molar-refractivity contribution in [3.05, 3.63) is 59.2 Å². The Balaban J connectivity index is 1.57. The third-order valence-corrected chi connectivity index (χ3v) is 6.17. The lowest BCUT2D eigenvalue weighted by atomic mass is 10.00. The zero-order valence-corrected chi connectivity index (χ0v) is 18.8. The Morgan fingerprint density at radius 2 is 2.03 bits per heavy atom. The van der Waals surface area contributed by atoms with E-state index in [1.54, 1.807) is 31.2 Å². The van der Waals surface area contributed by atoms with Gasteiger partial charge in [-0.1, -0.05) is 6.07 Å². The summed E-state index contributed by atoms with van der Waals surface area (Å²) in [6.07, 6.45) is 4.92. The zero-order chi connectivity index (χ0) is 23.7. The fourth-order valence-electron chi connectivity index (χ4n) is 4.14. The van der Waals surface area contributed by atoms with Crippen LogP contribution >= 0.6 is 0 Å². The number of piperidine rings is 1. The number of hydrogen-bond donors (Lipinski definition) is 1. The molecule has 0 radical (unpaired) electrons. The fraction of sp³-hybridized carbons (Fsp3) is 0.333. The SMILES string of the molecule is Cc1c(-c2cnn(-c3ccc(C(=O)N4CCCC(N(C)C)C4)cn3)c2O)ccc(C#N)c1F. The number of pyridine rings is 1. The highest BCUT2D eigenvalue weighted by Gasteiger charge is 2.26. The normalized spacial score (nSPS) is 16.1. The van der Waals surface area contributed by atoms with E-state index >= 15 is 0 Å². The molecule has 9 heteroatoms. The first-order valence-corrected chi connectivity index (χ1v) is 10.7. The highest BCUT2D eigenvalue weighted by Crippen LogP contribution is 2.34. The molecule has 3 heterocycles. The summed E-state index contributed by atoms with van der Waals surface area (Å²) >= 11 is 0. The molecule has 1 aromatic carbocycles. The fourth-order valence-corrected chi connectivity index (χ4v) is 4.14. The van der Waals surface area contributed by atoms with Crippen molar-refractivity contribution >= 4 is 5.91 Å². The van der Waals surface area contributed by atoms with Gasteiger partial charge in [-0.05, 0) is 63.2 Å².